The van der Waals surface area contributed by atoms with E-state index in [0.29, 0.717) is 0 Å². The minimum atomic E-state index is 0.807. The third kappa shape index (κ3) is 2.10. The highest BCUT2D eigenvalue weighted by Gasteiger charge is 2.13. The van der Waals surface area contributed by atoms with Gasteiger partial charge >= 0.3 is 0 Å². The summed E-state index contributed by atoms with van der Waals surface area (Å²) < 4.78 is 1.91. The molecule has 0 aliphatic carbocycles. The lowest BCUT2D eigenvalue weighted by Gasteiger charge is -2.03. The number of nitrogens with one attached hydrogen (secondary N) is 1. The second-order valence-corrected chi connectivity index (χ2v) is 5.03. The fraction of sp³-hybridized carbons (Fsp3) is 0.154. The van der Waals surface area contributed by atoms with Crippen LogP contribution in [0.2, 0.25) is 0 Å². The number of hydrogen-bond acceptors (Lipinski definition) is 5. The van der Waals surface area contributed by atoms with Crippen molar-refractivity contribution in [1.29, 1.82) is 0 Å². The van der Waals surface area contributed by atoms with Crippen LogP contribution in [0.1, 0.15) is 5.69 Å². The zero-order valence-electron chi connectivity index (χ0n) is 10.7. The Bertz CT molecular complexity index is 686. The van der Waals surface area contributed by atoms with Crippen LogP contribution in [0.25, 0.3) is 16.3 Å². The first-order chi connectivity index (χ1) is 9.29. The first-order valence-electron chi connectivity index (χ1n) is 5.91. The van der Waals surface area contributed by atoms with Crippen molar-refractivity contribution in [2.45, 2.75) is 6.92 Å². The number of anilines is 1. The van der Waals surface area contributed by atoms with Crippen LogP contribution in [0, 0.1) is 6.92 Å². The molecule has 6 heteroatoms. The summed E-state index contributed by atoms with van der Waals surface area (Å²) in [6, 6.07) is 10.1. The second-order valence-electron chi connectivity index (χ2n) is 4.05. The molecule has 0 aliphatic heterocycles. The maximum atomic E-state index is 4.43. The van der Waals surface area contributed by atoms with Crippen molar-refractivity contribution in [3.63, 3.8) is 0 Å². The molecule has 1 N–H and O–H groups in total. The van der Waals surface area contributed by atoms with Gasteiger partial charge in [0.05, 0.1) is 23.1 Å². The molecule has 3 aromatic rings. The first-order valence-corrected chi connectivity index (χ1v) is 6.73. The molecular weight excluding hydrogens is 258 g/mol. The Hall–Kier alpha value is -2.21. The number of benzene rings is 1. The van der Waals surface area contributed by atoms with Gasteiger partial charge in [-0.1, -0.05) is 29.5 Å². The Balaban J connectivity index is 2.04. The quantitative estimate of drug-likeness (QED) is 0.796. The van der Waals surface area contributed by atoms with Crippen LogP contribution in [0.4, 0.5) is 5.13 Å². The van der Waals surface area contributed by atoms with Gasteiger partial charge in [0.25, 0.3) is 0 Å². The predicted molar refractivity (Wildman–Crippen MR) is 76.8 cm³/mol. The van der Waals surface area contributed by atoms with E-state index < -0.39 is 0 Å². The number of hydrogen-bond donors (Lipinski definition) is 1. The van der Waals surface area contributed by atoms with E-state index in [1.54, 1.807) is 0 Å². The van der Waals surface area contributed by atoms with E-state index >= 15 is 0 Å². The van der Waals surface area contributed by atoms with E-state index in [1.165, 1.54) is 11.3 Å². The van der Waals surface area contributed by atoms with Gasteiger partial charge in [-0.2, -0.15) is 5.10 Å². The van der Waals surface area contributed by atoms with Crippen molar-refractivity contribution in [3.8, 4) is 16.3 Å². The van der Waals surface area contributed by atoms with Crippen molar-refractivity contribution in [2.75, 3.05) is 12.4 Å². The molecule has 2 aromatic heterocycles. The summed E-state index contributed by atoms with van der Waals surface area (Å²) in [5.41, 5.74) is 3.12. The zero-order valence-corrected chi connectivity index (χ0v) is 11.5. The summed E-state index contributed by atoms with van der Waals surface area (Å²) in [5, 5.41) is 17.3. The summed E-state index contributed by atoms with van der Waals surface area (Å²) in [6.45, 7) is 2.04. The highest BCUT2D eigenvalue weighted by atomic mass is 32.1. The normalized spacial score (nSPS) is 10.6. The average molecular weight is 271 g/mol. The fourth-order valence-corrected chi connectivity index (χ4v) is 2.64. The third-order valence-corrected chi connectivity index (χ3v) is 3.85. The van der Waals surface area contributed by atoms with Crippen molar-refractivity contribution in [1.82, 2.24) is 20.0 Å². The van der Waals surface area contributed by atoms with E-state index in [0.717, 1.165) is 27.1 Å². The topological polar surface area (TPSA) is 55.6 Å². The number of aromatic nitrogens is 4. The predicted octanol–water partition coefficient (Wildman–Crippen LogP) is 2.74. The van der Waals surface area contributed by atoms with Gasteiger partial charge in [0.1, 0.15) is 0 Å². The molecule has 0 spiro atoms. The van der Waals surface area contributed by atoms with Crippen molar-refractivity contribution < 1.29 is 0 Å². The Morgan fingerprint density at radius 2 is 1.95 bits per heavy atom. The Morgan fingerprint density at radius 3 is 2.63 bits per heavy atom. The van der Waals surface area contributed by atoms with Crippen LogP contribution >= 0.6 is 11.3 Å². The van der Waals surface area contributed by atoms with Gasteiger partial charge in [-0.05, 0) is 19.1 Å². The molecule has 5 nitrogen and oxygen atoms in total. The number of nitrogens with zero attached hydrogens (tertiary/aromatic N) is 4. The van der Waals surface area contributed by atoms with Gasteiger partial charge in [0, 0.05) is 7.05 Å². The van der Waals surface area contributed by atoms with Crippen LogP contribution in [0.15, 0.2) is 36.5 Å². The Morgan fingerprint density at radius 1 is 1.16 bits per heavy atom. The van der Waals surface area contributed by atoms with E-state index in [-0.39, 0.29) is 0 Å². The summed E-state index contributed by atoms with van der Waals surface area (Å²) in [5.74, 6) is 0. The summed E-state index contributed by atoms with van der Waals surface area (Å²) in [7, 11) is 1.84. The van der Waals surface area contributed by atoms with Gasteiger partial charge in [0.2, 0.25) is 5.13 Å². The maximum absolute atomic E-state index is 4.43. The van der Waals surface area contributed by atoms with E-state index in [4.69, 9.17) is 0 Å². The molecule has 0 atom stereocenters. The Kier molecular flexibility index (Phi) is 3.00. The summed E-state index contributed by atoms with van der Waals surface area (Å²) in [6.07, 6.45) is 1.84. The lowest BCUT2D eigenvalue weighted by molar-refractivity contribution is 0.847. The zero-order chi connectivity index (χ0) is 13.2. The van der Waals surface area contributed by atoms with Crippen LogP contribution < -0.4 is 5.32 Å². The molecule has 0 saturated heterocycles. The van der Waals surface area contributed by atoms with Gasteiger partial charge in [-0.15, -0.1) is 10.2 Å². The fourth-order valence-electron chi connectivity index (χ4n) is 1.88. The molecule has 0 amide bonds. The van der Waals surface area contributed by atoms with Crippen LogP contribution in [0.5, 0.6) is 0 Å². The molecule has 0 bridgehead atoms. The molecule has 96 valence electrons. The summed E-state index contributed by atoms with van der Waals surface area (Å²) in [4.78, 5) is 0. The first kappa shape index (κ1) is 11.9. The van der Waals surface area contributed by atoms with E-state index in [1.807, 2.05) is 55.2 Å². The summed E-state index contributed by atoms with van der Waals surface area (Å²) >= 11 is 1.52. The monoisotopic (exact) mass is 271 g/mol. The van der Waals surface area contributed by atoms with Crippen molar-refractivity contribution in [2.24, 2.45) is 0 Å². The molecule has 0 saturated carbocycles. The molecule has 0 fully saturated rings. The van der Waals surface area contributed by atoms with Gasteiger partial charge < -0.3 is 5.32 Å². The minimum Gasteiger partial charge on any atom is -0.363 e. The maximum Gasteiger partial charge on any atom is 0.205 e. The highest BCUT2D eigenvalue weighted by molar-refractivity contribution is 7.18. The van der Waals surface area contributed by atoms with E-state index in [2.05, 4.69) is 20.6 Å². The molecule has 0 aliphatic rings. The molecule has 1 aromatic carbocycles. The van der Waals surface area contributed by atoms with Gasteiger partial charge in [-0.3, -0.25) is 0 Å². The van der Waals surface area contributed by atoms with Gasteiger partial charge in [0.15, 0.2) is 5.01 Å². The van der Waals surface area contributed by atoms with Crippen molar-refractivity contribution >= 4 is 16.5 Å². The second kappa shape index (κ2) is 4.81. The number of rotatable bonds is 3. The molecule has 19 heavy (non-hydrogen) atoms. The SMILES string of the molecule is CNc1nnc(-c2cnn(-c3ccccc3)c2C)s1. The lowest BCUT2D eigenvalue weighted by atomic mass is 10.2. The highest BCUT2D eigenvalue weighted by Crippen LogP contribution is 2.29. The molecule has 3 rings (SSSR count). The molecular formula is C13H13N5S. The molecule has 0 radical (unpaired) electrons. The largest absolute Gasteiger partial charge is 0.363 e. The Labute approximate surface area is 114 Å². The van der Waals surface area contributed by atoms with Gasteiger partial charge in [-0.25, -0.2) is 4.68 Å². The average Bonchev–Trinajstić information content (AvgIpc) is 3.06. The van der Waals surface area contributed by atoms with Crippen LogP contribution in [-0.4, -0.2) is 27.0 Å². The van der Waals surface area contributed by atoms with E-state index in [9.17, 15) is 0 Å². The molecule has 0 unspecified atom stereocenters. The molecule has 2 heterocycles. The third-order valence-electron chi connectivity index (χ3n) is 2.88. The smallest absolute Gasteiger partial charge is 0.205 e. The minimum absolute atomic E-state index is 0.807. The lowest BCUT2D eigenvalue weighted by Crippen LogP contribution is -1.98. The number of para-hydroxylation sites is 1. The van der Waals surface area contributed by atoms with Crippen LogP contribution in [0.3, 0.4) is 0 Å². The van der Waals surface area contributed by atoms with Crippen molar-refractivity contribution in [3.05, 3.63) is 42.2 Å². The van der Waals surface area contributed by atoms with Crippen LogP contribution in [-0.2, 0) is 0 Å². The standard InChI is InChI=1S/C13H13N5S/c1-9-11(12-16-17-13(14-2)19-12)8-15-18(9)10-6-4-3-5-7-10/h3-8H,1-2H3,(H,14,17).